The average Bonchev–Trinajstić information content (AvgIpc) is 2.76. The van der Waals surface area contributed by atoms with Crippen molar-refractivity contribution in [2.24, 2.45) is 5.16 Å². The number of benzene rings is 2. The van der Waals surface area contributed by atoms with Crippen molar-refractivity contribution >= 4 is 23.2 Å². The van der Waals surface area contributed by atoms with Crippen LogP contribution in [0.3, 0.4) is 0 Å². The lowest BCUT2D eigenvalue weighted by atomic mass is 10.1. The Morgan fingerprint density at radius 1 is 1.03 bits per heavy atom. The van der Waals surface area contributed by atoms with Gasteiger partial charge in [0.05, 0.1) is 10.6 Å². The molecule has 0 aliphatic rings. The van der Waals surface area contributed by atoms with E-state index in [1.165, 1.54) is 20.2 Å². The van der Waals surface area contributed by atoms with E-state index in [1.807, 2.05) is 0 Å². The number of amides is 1. The Hall–Kier alpha value is -3.72. The number of hydrogen-bond donors (Lipinski definition) is 1. The highest BCUT2D eigenvalue weighted by Gasteiger charge is 2.22. The zero-order valence-corrected chi connectivity index (χ0v) is 16.7. The summed E-state index contributed by atoms with van der Waals surface area (Å²) in [5.41, 5.74) is 0.211. The quantitative estimate of drug-likeness (QED) is 0.450. The first kappa shape index (κ1) is 21.0. The highest BCUT2D eigenvalue weighted by Crippen LogP contribution is 2.33. The molecule has 0 spiro atoms. The summed E-state index contributed by atoms with van der Waals surface area (Å²) < 4.78 is 26.0. The number of nitrogens with zero attached hydrogens (tertiary/aromatic N) is 3. The molecule has 0 aliphatic heterocycles. The standard InChI is InChI=1S/C20H16ClFN4O4/c1-23-18(27)17(26-28-2)12-7-3-5-9-14(12)29-19-16(22)20(25-11-24-19)30-15-10-6-4-8-13(15)21/h3-11H,1-2H3,(H,23,27)/b26-17-. The van der Waals surface area contributed by atoms with E-state index in [0.29, 0.717) is 0 Å². The molecule has 0 aliphatic carbocycles. The van der Waals surface area contributed by atoms with Gasteiger partial charge >= 0.3 is 0 Å². The number of halogens is 2. The van der Waals surface area contributed by atoms with Gasteiger partial charge in [0.15, 0.2) is 5.71 Å². The van der Waals surface area contributed by atoms with Crippen molar-refractivity contribution in [3.05, 3.63) is 71.3 Å². The lowest BCUT2D eigenvalue weighted by Gasteiger charge is -2.13. The fourth-order valence-corrected chi connectivity index (χ4v) is 2.56. The topological polar surface area (TPSA) is 94.9 Å². The van der Waals surface area contributed by atoms with Crippen LogP contribution in [0.2, 0.25) is 5.02 Å². The van der Waals surface area contributed by atoms with Gasteiger partial charge in [0.25, 0.3) is 17.7 Å². The zero-order chi connectivity index (χ0) is 21.5. The fraction of sp³-hybridized carbons (Fsp3) is 0.100. The minimum Gasteiger partial charge on any atom is -0.436 e. The largest absolute Gasteiger partial charge is 0.436 e. The summed E-state index contributed by atoms with van der Waals surface area (Å²) in [5.74, 6) is -1.90. The van der Waals surface area contributed by atoms with E-state index >= 15 is 0 Å². The minimum atomic E-state index is -0.947. The van der Waals surface area contributed by atoms with Gasteiger partial charge in [-0.05, 0) is 24.3 Å². The van der Waals surface area contributed by atoms with Crippen LogP contribution in [0, 0.1) is 5.82 Å². The summed E-state index contributed by atoms with van der Waals surface area (Å²) in [4.78, 5) is 24.5. The Morgan fingerprint density at radius 3 is 2.27 bits per heavy atom. The predicted molar refractivity (Wildman–Crippen MR) is 108 cm³/mol. The van der Waals surface area contributed by atoms with E-state index in [4.69, 9.17) is 25.9 Å². The summed E-state index contributed by atoms with van der Waals surface area (Å²) in [6.45, 7) is 0. The molecule has 1 heterocycles. The second-order valence-electron chi connectivity index (χ2n) is 5.63. The van der Waals surface area contributed by atoms with Crippen LogP contribution in [0.5, 0.6) is 23.3 Å². The molecule has 0 unspecified atom stereocenters. The van der Waals surface area contributed by atoms with E-state index in [0.717, 1.165) is 6.33 Å². The van der Waals surface area contributed by atoms with E-state index in [-0.39, 0.29) is 33.7 Å². The Labute approximate surface area is 176 Å². The van der Waals surface area contributed by atoms with Crippen LogP contribution in [0.15, 0.2) is 60.0 Å². The van der Waals surface area contributed by atoms with Gasteiger partial charge in [0.2, 0.25) is 5.82 Å². The Bertz CT molecular complexity index is 1090. The molecule has 0 bridgehead atoms. The Balaban J connectivity index is 1.96. The van der Waals surface area contributed by atoms with Crippen molar-refractivity contribution < 1.29 is 23.5 Å². The third-order valence-corrected chi connectivity index (χ3v) is 4.05. The van der Waals surface area contributed by atoms with Crippen LogP contribution >= 0.6 is 11.6 Å². The third-order valence-electron chi connectivity index (χ3n) is 3.74. The Morgan fingerprint density at radius 2 is 1.63 bits per heavy atom. The molecule has 3 rings (SSSR count). The first-order valence-corrected chi connectivity index (χ1v) is 8.96. The van der Waals surface area contributed by atoms with Crippen LogP contribution in [-0.4, -0.2) is 35.7 Å². The van der Waals surface area contributed by atoms with Gasteiger partial charge in [-0.25, -0.2) is 0 Å². The Kier molecular flexibility index (Phi) is 6.76. The summed E-state index contributed by atoms with van der Waals surface area (Å²) in [6.07, 6.45) is 1.08. The lowest BCUT2D eigenvalue weighted by molar-refractivity contribution is -0.114. The van der Waals surface area contributed by atoms with Gasteiger partial charge in [-0.3, -0.25) is 4.79 Å². The summed E-state index contributed by atoms with van der Waals surface area (Å²) >= 11 is 6.04. The van der Waals surface area contributed by atoms with E-state index in [2.05, 4.69) is 20.4 Å². The van der Waals surface area contributed by atoms with Crippen molar-refractivity contribution in [3.63, 3.8) is 0 Å². The number of carbonyl (C=O) groups is 1. The van der Waals surface area contributed by atoms with Gasteiger partial charge in [0.1, 0.15) is 24.9 Å². The molecule has 0 fully saturated rings. The minimum absolute atomic E-state index is 0.0578. The molecule has 1 amide bonds. The molecular formula is C20H16ClFN4O4. The number of nitrogens with one attached hydrogen (secondary N) is 1. The van der Waals surface area contributed by atoms with Crippen molar-refractivity contribution in [2.45, 2.75) is 0 Å². The van der Waals surface area contributed by atoms with E-state index < -0.39 is 17.6 Å². The molecule has 2 aromatic carbocycles. The maximum Gasteiger partial charge on any atom is 0.273 e. The first-order valence-electron chi connectivity index (χ1n) is 8.58. The van der Waals surface area contributed by atoms with Crippen molar-refractivity contribution in [2.75, 3.05) is 14.2 Å². The molecule has 0 saturated heterocycles. The number of ether oxygens (including phenoxy) is 2. The molecule has 0 atom stereocenters. The predicted octanol–water partition coefficient (Wildman–Crippen LogP) is 3.95. The monoisotopic (exact) mass is 430 g/mol. The number of hydrogen-bond acceptors (Lipinski definition) is 7. The van der Waals surface area contributed by atoms with E-state index in [9.17, 15) is 9.18 Å². The van der Waals surface area contributed by atoms with Gasteiger partial charge in [0, 0.05) is 7.05 Å². The number of oxime groups is 1. The van der Waals surface area contributed by atoms with Crippen LogP contribution in [-0.2, 0) is 9.63 Å². The average molecular weight is 431 g/mol. The molecule has 0 radical (unpaired) electrons. The van der Waals surface area contributed by atoms with Gasteiger partial charge in [-0.1, -0.05) is 41.0 Å². The maximum absolute atomic E-state index is 14.9. The smallest absolute Gasteiger partial charge is 0.273 e. The highest BCUT2D eigenvalue weighted by molar-refractivity contribution is 6.45. The zero-order valence-electron chi connectivity index (χ0n) is 15.9. The van der Waals surface area contributed by atoms with Crippen LogP contribution in [0.25, 0.3) is 0 Å². The second-order valence-corrected chi connectivity index (χ2v) is 6.04. The van der Waals surface area contributed by atoms with Crippen molar-refractivity contribution in [1.29, 1.82) is 0 Å². The van der Waals surface area contributed by atoms with Crippen LogP contribution in [0.1, 0.15) is 5.56 Å². The molecule has 8 nitrogen and oxygen atoms in total. The molecule has 0 saturated carbocycles. The molecule has 30 heavy (non-hydrogen) atoms. The molecular weight excluding hydrogens is 415 g/mol. The van der Waals surface area contributed by atoms with Crippen molar-refractivity contribution in [3.8, 4) is 23.3 Å². The highest BCUT2D eigenvalue weighted by atomic mass is 35.5. The SMILES string of the molecule is CNC(=O)/C(=N\OC)c1ccccc1Oc1ncnc(Oc2ccccc2Cl)c1F. The summed E-state index contributed by atoms with van der Waals surface area (Å²) in [6, 6.07) is 13.0. The van der Waals surface area contributed by atoms with Crippen LogP contribution in [0.4, 0.5) is 4.39 Å². The maximum atomic E-state index is 14.9. The van der Waals surface area contributed by atoms with Gasteiger partial charge in [-0.15, -0.1) is 0 Å². The van der Waals surface area contributed by atoms with Gasteiger partial charge < -0.3 is 19.6 Å². The molecule has 154 valence electrons. The van der Waals surface area contributed by atoms with E-state index in [1.54, 1.807) is 42.5 Å². The molecule has 1 N–H and O–H groups in total. The first-order chi connectivity index (χ1) is 14.5. The van der Waals surface area contributed by atoms with Crippen LogP contribution < -0.4 is 14.8 Å². The number of carbonyl (C=O) groups excluding carboxylic acids is 1. The summed E-state index contributed by atoms with van der Waals surface area (Å²) in [7, 11) is 2.74. The van der Waals surface area contributed by atoms with Gasteiger partial charge in [-0.2, -0.15) is 14.4 Å². The van der Waals surface area contributed by atoms with Crippen molar-refractivity contribution in [1.82, 2.24) is 15.3 Å². The molecule has 10 heteroatoms. The molecule has 3 aromatic rings. The summed E-state index contributed by atoms with van der Waals surface area (Å²) in [5, 5.41) is 6.47. The third kappa shape index (κ3) is 4.64. The lowest BCUT2D eigenvalue weighted by Crippen LogP contribution is -2.28. The normalized spacial score (nSPS) is 11.0. The second kappa shape index (κ2) is 9.66. The fourth-order valence-electron chi connectivity index (χ4n) is 2.39. The number of likely N-dealkylation sites (N-methyl/N-ethyl adjacent to an activating group) is 1. The molecule has 1 aromatic heterocycles. The number of para-hydroxylation sites is 2. The number of rotatable bonds is 7. The number of aromatic nitrogens is 2.